The van der Waals surface area contributed by atoms with Crippen molar-refractivity contribution < 1.29 is 14.7 Å². The molecule has 1 unspecified atom stereocenters. The van der Waals surface area contributed by atoms with Crippen LogP contribution in [-0.2, 0) is 16.0 Å². The molecule has 3 heterocycles. The molecular weight excluding hydrogens is 485 g/mol. The summed E-state index contributed by atoms with van der Waals surface area (Å²) in [5, 5.41) is 12.1. The number of aromatic nitrogens is 2. The number of halogens is 2. The number of aliphatic hydroxyl groups is 1. The van der Waals surface area contributed by atoms with Gasteiger partial charge < -0.3 is 10.0 Å². The lowest BCUT2D eigenvalue weighted by Crippen LogP contribution is -2.31. The minimum absolute atomic E-state index is 0.00444. The molecule has 6 nitrogen and oxygen atoms in total. The SMILES string of the molecule is Cc1nc2ccccn2c1/C(O)=C1\C(=O)C(=O)N(CCc2ccccc2)C1c1ccc(Cl)c(Cl)c1. The van der Waals surface area contributed by atoms with Crippen molar-refractivity contribution in [2.24, 2.45) is 0 Å². The van der Waals surface area contributed by atoms with E-state index in [-0.39, 0.29) is 17.9 Å². The van der Waals surface area contributed by atoms with Crippen LogP contribution >= 0.6 is 23.2 Å². The van der Waals surface area contributed by atoms with Gasteiger partial charge in [0.25, 0.3) is 11.7 Å². The minimum atomic E-state index is -0.831. The molecule has 176 valence electrons. The molecule has 1 fully saturated rings. The number of nitrogens with zero attached hydrogens (tertiary/aromatic N) is 3. The van der Waals surface area contributed by atoms with Gasteiger partial charge in [0.05, 0.1) is 27.4 Å². The number of likely N-dealkylation sites (tertiary alicyclic amines) is 1. The van der Waals surface area contributed by atoms with Crippen LogP contribution < -0.4 is 0 Å². The predicted octanol–water partition coefficient (Wildman–Crippen LogP) is 5.61. The molecule has 1 N–H and O–H groups in total. The summed E-state index contributed by atoms with van der Waals surface area (Å²) in [5.74, 6) is -1.71. The van der Waals surface area contributed by atoms with Crippen LogP contribution in [0, 0.1) is 6.92 Å². The van der Waals surface area contributed by atoms with Crippen LogP contribution in [0.5, 0.6) is 0 Å². The van der Waals surface area contributed by atoms with E-state index in [0.29, 0.717) is 39.1 Å². The van der Waals surface area contributed by atoms with Gasteiger partial charge in [0.2, 0.25) is 0 Å². The summed E-state index contributed by atoms with van der Waals surface area (Å²) in [6, 6.07) is 19.3. The maximum absolute atomic E-state index is 13.3. The number of pyridine rings is 1. The zero-order valence-corrected chi connectivity index (χ0v) is 20.3. The van der Waals surface area contributed by atoms with Gasteiger partial charge in [-0.1, -0.05) is 65.7 Å². The Bertz CT molecular complexity index is 1490. The number of carbonyl (C=O) groups excluding carboxylic acids is 2. The molecular formula is C27H21Cl2N3O3. The third-order valence-electron chi connectivity index (χ3n) is 6.21. The average molecular weight is 506 g/mol. The fourth-order valence-corrected chi connectivity index (χ4v) is 4.87. The predicted molar refractivity (Wildman–Crippen MR) is 136 cm³/mol. The van der Waals surface area contributed by atoms with E-state index in [1.165, 1.54) is 4.90 Å². The highest BCUT2D eigenvalue weighted by molar-refractivity contribution is 6.46. The quantitative estimate of drug-likeness (QED) is 0.217. The molecule has 35 heavy (non-hydrogen) atoms. The van der Waals surface area contributed by atoms with Crippen LogP contribution in [0.1, 0.15) is 28.6 Å². The van der Waals surface area contributed by atoms with E-state index in [9.17, 15) is 14.7 Å². The summed E-state index contributed by atoms with van der Waals surface area (Å²) in [5.41, 5.74) is 3.13. The molecule has 1 aliphatic rings. The van der Waals surface area contributed by atoms with Crippen molar-refractivity contribution in [2.75, 3.05) is 6.54 Å². The lowest BCUT2D eigenvalue weighted by atomic mass is 9.96. The summed E-state index contributed by atoms with van der Waals surface area (Å²) in [4.78, 5) is 32.6. The monoisotopic (exact) mass is 505 g/mol. The lowest BCUT2D eigenvalue weighted by molar-refractivity contribution is -0.139. The summed E-state index contributed by atoms with van der Waals surface area (Å²) < 4.78 is 1.70. The van der Waals surface area contributed by atoms with Crippen LogP contribution in [0.4, 0.5) is 0 Å². The molecule has 0 bridgehead atoms. The second kappa shape index (κ2) is 9.21. The van der Waals surface area contributed by atoms with Crippen LogP contribution in [-0.4, -0.2) is 37.6 Å². The molecule has 5 rings (SSSR count). The molecule has 4 aromatic rings. The zero-order chi connectivity index (χ0) is 24.7. The average Bonchev–Trinajstić information content (AvgIpc) is 3.32. The van der Waals surface area contributed by atoms with E-state index in [4.69, 9.17) is 23.2 Å². The number of aliphatic hydroxyl groups excluding tert-OH is 1. The lowest BCUT2D eigenvalue weighted by Gasteiger charge is -2.25. The van der Waals surface area contributed by atoms with Crippen LogP contribution in [0.3, 0.4) is 0 Å². The molecule has 2 aromatic carbocycles. The third kappa shape index (κ3) is 4.09. The summed E-state index contributed by atoms with van der Waals surface area (Å²) in [6.07, 6.45) is 2.30. The van der Waals surface area contributed by atoms with Crippen molar-refractivity contribution in [1.29, 1.82) is 0 Å². The van der Waals surface area contributed by atoms with E-state index in [0.717, 1.165) is 5.56 Å². The van der Waals surface area contributed by atoms with Gasteiger partial charge in [0.15, 0.2) is 5.76 Å². The number of imidazole rings is 1. The first kappa shape index (κ1) is 23.1. The molecule has 1 amide bonds. The zero-order valence-electron chi connectivity index (χ0n) is 18.8. The molecule has 8 heteroatoms. The van der Waals surface area contributed by atoms with Crippen LogP contribution in [0.2, 0.25) is 10.0 Å². The van der Waals surface area contributed by atoms with E-state index < -0.39 is 17.7 Å². The normalized spacial score (nSPS) is 17.5. The molecule has 0 saturated carbocycles. The number of rotatable bonds is 5. The van der Waals surface area contributed by atoms with Crippen molar-refractivity contribution in [2.45, 2.75) is 19.4 Å². The van der Waals surface area contributed by atoms with Gasteiger partial charge in [-0.15, -0.1) is 0 Å². The van der Waals surface area contributed by atoms with Crippen molar-refractivity contribution in [1.82, 2.24) is 14.3 Å². The molecule has 1 atom stereocenters. The Balaban J connectivity index is 1.67. The van der Waals surface area contributed by atoms with Gasteiger partial charge in [0, 0.05) is 12.7 Å². The number of aryl methyl sites for hydroxylation is 1. The second-order valence-corrected chi connectivity index (χ2v) is 9.19. The fraction of sp³-hybridized carbons (Fsp3) is 0.148. The number of carbonyl (C=O) groups is 2. The Morgan fingerprint density at radius 1 is 1.00 bits per heavy atom. The molecule has 1 aliphatic heterocycles. The highest BCUT2D eigenvalue weighted by Crippen LogP contribution is 2.41. The Labute approximate surface area is 212 Å². The first-order valence-electron chi connectivity index (χ1n) is 11.1. The Kier molecular flexibility index (Phi) is 6.09. The standard InChI is InChI=1S/C27H21Cl2N3O3/c1-16-23(31-13-6-5-9-21(31)30-16)25(33)22-24(18-10-11-19(28)20(29)15-18)32(27(35)26(22)34)14-12-17-7-3-2-4-8-17/h2-11,13,15,24,33H,12,14H2,1H3/b25-22+. The molecule has 0 radical (unpaired) electrons. The Morgan fingerprint density at radius 2 is 1.74 bits per heavy atom. The van der Waals surface area contributed by atoms with Crippen molar-refractivity contribution in [3.05, 3.63) is 111 Å². The first-order chi connectivity index (χ1) is 16.9. The van der Waals surface area contributed by atoms with Gasteiger partial charge >= 0.3 is 0 Å². The van der Waals surface area contributed by atoms with Gasteiger partial charge in [-0.3, -0.25) is 14.0 Å². The summed E-state index contributed by atoms with van der Waals surface area (Å²) >= 11 is 12.4. The van der Waals surface area contributed by atoms with Crippen molar-refractivity contribution >= 4 is 46.3 Å². The van der Waals surface area contributed by atoms with E-state index in [1.54, 1.807) is 47.9 Å². The summed E-state index contributed by atoms with van der Waals surface area (Å²) in [7, 11) is 0. The Morgan fingerprint density at radius 3 is 2.49 bits per heavy atom. The molecule has 2 aromatic heterocycles. The number of amides is 1. The minimum Gasteiger partial charge on any atom is -0.505 e. The largest absolute Gasteiger partial charge is 0.505 e. The number of hydrogen-bond acceptors (Lipinski definition) is 4. The van der Waals surface area contributed by atoms with E-state index in [2.05, 4.69) is 4.98 Å². The third-order valence-corrected chi connectivity index (χ3v) is 6.95. The van der Waals surface area contributed by atoms with Crippen molar-refractivity contribution in [3.8, 4) is 0 Å². The maximum Gasteiger partial charge on any atom is 0.295 e. The van der Waals surface area contributed by atoms with E-state index >= 15 is 0 Å². The highest BCUT2D eigenvalue weighted by Gasteiger charge is 2.46. The summed E-state index contributed by atoms with van der Waals surface area (Å²) in [6.45, 7) is 2.03. The van der Waals surface area contributed by atoms with Gasteiger partial charge in [0.1, 0.15) is 11.3 Å². The topological polar surface area (TPSA) is 74.9 Å². The molecule has 0 spiro atoms. The maximum atomic E-state index is 13.3. The van der Waals surface area contributed by atoms with E-state index in [1.807, 2.05) is 36.4 Å². The molecule has 1 saturated heterocycles. The first-order valence-corrected chi connectivity index (χ1v) is 11.8. The van der Waals surface area contributed by atoms with Gasteiger partial charge in [-0.2, -0.15) is 0 Å². The number of ketones is 1. The van der Waals surface area contributed by atoms with Crippen LogP contribution in [0.15, 0.2) is 78.5 Å². The van der Waals surface area contributed by atoms with Gasteiger partial charge in [-0.25, -0.2) is 4.98 Å². The van der Waals surface area contributed by atoms with Gasteiger partial charge in [-0.05, 0) is 48.7 Å². The smallest absolute Gasteiger partial charge is 0.295 e. The number of fused-ring (bicyclic) bond motifs is 1. The van der Waals surface area contributed by atoms with Crippen molar-refractivity contribution in [3.63, 3.8) is 0 Å². The molecule has 0 aliphatic carbocycles. The highest BCUT2D eigenvalue weighted by atomic mass is 35.5. The number of benzene rings is 2. The fourth-order valence-electron chi connectivity index (χ4n) is 4.56. The number of hydrogen-bond donors (Lipinski definition) is 1. The number of Topliss-reactive ketones (excluding diaryl/α,β-unsaturated/α-hetero) is 1. The Hall–Kier alpha value is -3.61. The van der Waals surface area contributed by atoms with Crippen LogP contribution in [0.25, 0.3) is 11.4 Å². The second-order valence-electron chi connectivity index (χ2n) is 8.38.